The Morgan fingerprint density at radius 2 is 1.90 bits per heavy atom. The molecular weight excluding hydrogens is 655 g/mol. The summed E-state index contributed by atoms with van der Waals surface area (Å²) in [5, 5.41) is 18.7. The Morgan fingerprint density at radius 3 is 2.64 bits per heavy atom. The summed E-state index contributed by atoms with van der Waals surface area (Å²) in [6, 6.07) is 14.5. The lowest BCUT2D eigenvalue weighted by Crippen LogP contribution is -2.31. The van der Waals surface area contributed by atoms with Gasteiger partial charge in [-0.1, -0.05) is 38.2 Å². The van der Waals surface area contributed by atoms with E-state index in [0.717, 1.165) is 47.5 Å². The van der Waals surface area contributed by atoms with Crippen molar-refractivity contribution in [3.8, 4) is 11.5 Å². The zero-order valence-corrected chi connectivity index (χ0v) is 30.7. The first-order valence-electron chi connectivity index (χ1n) is 17.0. The molecule has 0 aliphatic heterocycles. The molecule has 0 unspecified atom stereocenters. The van der Waals surface area contributed by atoms with Gasteiger partial charge in [0.05, 0.1) is 17.7 Å². The number of carbonyl (C=O) groups is 2. The number of aromatic nitrogens is 2. The van der Waals surface area contributed by atoms with E-state index in [-0.39, 0.29) is 40.4 Å². The molecule has 12 nitrogen and oxygen atoms in total. The first-order valence-corrected chi connectivity index (χ1v) is 20.7. The van der Waals surface area contributed by atoms with E-state index >= 15 is 0 Å². The molecule has 13 heteroatoms. The topological polar surface area (TPSA) is 147 Å². The second-order valence-corrected chi connectivity index (χ2v) is 20.5. The highest BCUT2D eigenvalue weighted by Gasteiger charge is 2.26. The minimum absolute atomic E-state index is 0.0176. The summed E-state index contributed by atoms with van der Waals surface area (Å²) in [4.78, 5) is 42.3. The number of nitrogens with one attached hydrogen (secondary N) is 2. The number of hydrogen-bond donors (Lipinski definition) is 2. The summed E-state index contributed by atoms with van der Waals surface area (Å²) < 4.78 is 19.7. The van der Waals surface area contributed by atoms with Crippen LogP contribution in [0.3, 0.4) is 0 Å². The molecule has 5 rings (SSSR count). The van der Waals surface area contributed by atoms with E-state index in [1.54, 1.807) is 51.2 Å². The molecule has 2 aromatic heterocycles. The minimum Gasteiger partial charge on any atom is -0.456 e. The lowest BCUT2D eigenvalue weighted by Gasteiger charge is -2.21. The Kier molecular flexibility index (Phi) is 11.4. The van der Waals surface area contributed by atoms with Gasteiger partial charge >= 0.3 is 5.97 Å². The van der Waals surface area contributed by atoms with Crippen molar-refractivity contribution in [3.63, 3.8) is 0 Å². The normalized spacial score (nSPS) is 14.9. The quantitative estimate of drug-likeness (QED) is 0.0353. The van der Waals surface area contributed by atoms with Gasteiger partial charge in [0.2, 0.25) is 5.91 Å². The summed E-state index contributed by atoms with van der Waals surface area (Å²) in [6.07, 6.45) is 6.62. The second kappa shape index (κ2) is 15.5. The molecule has 0 bridgehead atoms. The van der Waals surface area contributed by atoms with E-state index in [1.807, 2.05) is 29.0 Å². The fourth-order valence-corrected chi connectivity index (χ4v) is 6.63. The summed E-state index contributed by atoms with van der Waals surface area (Å²) in [5.41, 5.74) is 2.33. The van der Waals surface area contributed by atoms with E-state index in [2.05, 4.69) is 35.3 Å². The third kappa shape index (κ3) is 9.77. The number of amides is 1. The summed E-state index contributed by atoms with van der Waals surface area (Å²) >= 11 is 0. The highest BCUT2D eigenvalue weighted by Crippen LogP contribution is 2.35. The average molecular weight is 702 g/mol. The average Bonchev–Trinajstić information content (AvgIpc) is 3.31. The van der Waals surface area contributed by atoms with Gasteiger partial charge in [-0.05, 0) is 75.9 Å². The zero-order valence-electron chi connectivity index (χ0n) is 29.7. The maximum Gasteiger partial charge on any atom is 0.342 e. The highest BCUT2D eigenvalue weighted by molar-refractivity contribution is 6.76. The second-order valence-electron chi connectivity index (χ2n) is 14.9. The summed E-state index contributed by atoms with van der Waals surface area (Å²) in [6.45, 7) is 13.4. The molecule has 0 saturated carbocycles. The predicted molar refractivity (Wildman–Crippen MR) is 196 cm³/mol. The number of ether oxygens (including phenoxy) is 3. The van der Waals surface area contributed by atoms with Gasteiger partial charge in [0.1, 0.15) is 35.0 Å². The SMILES string of the molecule is CC(C)(C)OC(=O)c1ccc(NC(=O)CN[C@@H]2CCCCc3c2cccc3[N+](=O)[O-])cc1Oc1cnc2c(ccn2COCC[Si](C)(C)C)c1. The van der Waals surface area contributed by atoms with Crippen LogP contribution < -0.4 is 15.4 Å². The Morgan fingerprint density at radius 1 is 1.10 bits per heavy atom. The number of benzene rings is 2. The van der Waals surface area contributed by atoms with Crippen LogP contribution in [0.1, 0.15) is 67.6 Å². The maximum absolute atomic E-state index is 13.2. The van der Waals surface area contributed by atoms with Crippen LogP contribution in [-0.4, -0.2) is 53.2 Å². The maximum atomic E-state index is 13.2. The van der Waals surface area contributed by atoms with Crippen molar-refractivity contribution in [1.29, 1.82) is 0 Å². The Balaban J connectivity index is 1.31. The molecule has 0 saturated heterocycles. The first kappa shape index (κ1) is 36.7. The molecular formula is C37H47N5O7Si. The molecule has 1 aliphatic rings. The van der Waals surface area contributed by atoms with E-state index in [4.69, 9.17) is 14.2 Å². The number of nitro benzene ring substituents is 1. The number of anilines is 1. The van der Waals surface area contributed by atoms with Crippen LogP contribution >= 0.6 is 0 Å². The van der Waals surface area contributed by atoms with Crippen molar-refractivity contribution >= 4 is 42.4 Å². The van der Waals surface area contributed by atoms with Crippen LogP contribution in [0.15, 0.2) is 60.9 Å². The van der Waals surface area contributed by atoms with Gasteiger partial charge in [-0.2, -0.15) is 0 Å². The molecule has 2 aromatic carbocycles. The van der Waals surface area contributed by atoms with E-state index in [9.17, 15) is 19.7 Å². The zero-order chi connectivity index (χ0) is 36.1. The van der Waals surface area contributed by atoms with Crippen molar-refractivity contribution in [3.05, 3.63) is 87.7 Å². The molecule has 1 aliphatic carbocycles. The van der Waals surface area contributed by atoms with Gasteiger partial charge in [-0.25, -0.2) is 9.78 Å². The van der Waals surface area contributed by atoms with Crippen molar-refractivity contribution in [2.24, 2.45) is 0 Å². The summed E-state index contributed by atoms with van der Waals surface area (Å²) in [7, 11) is -1.19. The van der Waals surface area contributed by atoms with Crippen LogP contribution in [0, 0.1) is 10.1 Å². The molecule has 1 atom stereocenters. The van der Waals surface area contributed by atoms with Gasteiger partial charge in [0.25, 0.3) is 5.69 Å². The molecule has 4 aromatic rings. The van der Waals surface area contributed by atoms with Gasteiger partial charge in [-0.15, -0.1) is 0 Å². The Hall–Kier alpha value is -4.59. The first-order chi connectivity index (χ1) is 23.7. The van der Waals surface area contributed by atoms with E-state index in [0.29, 0.717) is 31.2 Å². The van der Waals surface area contributed by atoms with Crippen molar-refractivity contribution in [2.45, 2.75) is 90.5 Å². The van der Waals surface area contributed by atoms with Gasteiger partial charge < -0.3 is 29.4 Å². The van der Waals surface area contributed by atoms with Gasteiger partial charge in [0.15, 0.2) is 0 Å². The number of rotatable bonds is 13. The number of nitro groups is 1. The largest absolute Gasteiger partial charge is 0.456 e. The predicted octanol–water partition coefficient (Wildman–Crippen LogP) is 8.00. The van der Waals surface area contributed by atoms with Crippen LogP contribution in [-0.2, 0) is 27.4 Å². The number of nitrogens with zero attached hydrogens (tertiary/aromatic N) is 3. The number of pyridine rings is 1. The number of esters is 1. The number of hydrogen-bond acceptors (Lipinski definition) is 9. The lowest BCUT2D eigenvalue weighted by atomic mass is 9.97. The van der Waals surface area contributed by atoms with E-state index < -0.39 is 19.6 Å². The van der Waals surface area contributed by atoms with Crippen LogP contribution in [0.5, 0.6) is 11.5 Å². The number of fused-ring (bicyclic) bond motifs is 2. The van der Waals surface area contributed by atoms with Crippen LogP contribution in [0.25, 0.3) is 11.0 Å². The molecule has 0 radical (unpaired) electrons. The van der Waals surface area contributed by atoms with Gasteiger partial charge in [-0.3, -0.25) is 14.9 Å². The molecule has 0 fully saturated rings. The lowest BCUT2D eigenvalue weighted by molar-refractivity contribution is -0.385. The fourth-order valence-electron chi connectivity index (χ4n) is 5.87. The monoisotopic (exact) mass is 701 g/mol. The van der Waals surface area contributed by atoms with Crippen molar-refractivity contribution in [1.82, 2.24) is 14.9 Å². The highest BCUT2D eigenvalue weighted by atomic mass is 28.3. The molecule has 50 heavy (non-hydrogen) atoms. The molecule has 266 valence electrons. The Bertz CT molecular complexity index is 1860. The smallest absolute Gasteiger partial charge is 0.342 e. The fraction of sp³-hybridized carbons (Fsp3) is 0.432. The van der Waals surface area contributed by atoms with Crippen molar-refractivity contribution < 1.29 is 28.7 Å². The van der Waals surface area contributed by atoms with Crippen molar-refractivity contribution in [2.75, 3.05) is 18.5 Å². The van der Waals surface area contributed by atoms with Gasteiger partial charge in [0, 0.05) is 55.7 Å². The third-order valence-electron chi connectivity index (χ3n) is 8.35. The Labute approximate surface area is 293 Å². The van der Waals surface area contributed by atoms with Crippen LogP contribution in [0.4, 0.5) is 11.4 Å². The third-order valence-corrected chi connectivity index (χ3v) is 10.1. The molecule has 2 N–H and O–H groups in total. The van der Waals surface area contributed by atoms with Crippen LogP contribution in [0.2, 0.25) is 25.7 Å². The number of carbonyl (C=O) groups excluding carboxylic acids is 2. The van der Waals surface area contributed by atoms with E-state index in [1.165, 1.54) is 6.07 Å². The molecule has 1 amide bonds. The summed E-state index contributed by atoms with van der Waals surface area (Å²) in [5.74, 6) is -0.270. The minimum atomic E-state index is -1.19. The standard InChI is InChI=1S/C37H47N5O7Si/c1-37(2,3)49-36(44)30-15-14-26(40-34(43)23-38-31-12-8-7-10-29-28(31)11-9-13-32(29)42(45)46)21-33(30)48-27-20-25-16-17-41(35(25)39-22-27)24-47-18-19-50(4,5)6/h9,11,13-17,20-22,31,38H,7-8,10,12,18-19,23-24H2,1-6H3,(H,40,43)/t31-/m1/s1. The molecule has 0 spiro atoms. The molecule has 2 heterocycles.